The van der Waals surface area contributed by atoms with Gasteiger partial charge in [0.2, 0.25) is 5.88 Å². The minimum atomic E-state index is -0.143. The van der Waals surface area contributed by atoms with Gasteiger partial charge in [-0.2, -0.15) is 0 Å². The Balaban J connectivity index is 2.19. The zero-order valence-corrected chi connectivity index (χ0v) is 10.9. The molecule has 0 radical (unpaired) electrons. The molecule has 1 aromatic carbocycles. The van der Waals surface area contributed by atoms with Gasteiger partial charge in [-0.05, 0) is 36.6 Å². The highest BCUT2D eigenvalue weighted by molar-refractivity contribution is 6.03. The zero-order valence-electron chi connectivity index (χ0n) is 10.9. The van der Waals surface area contributed by atoms with Crippen LogP contribution in [0.25, 0.3) is 0 Å². The van der Waals surface area contributed by atoms with Gasteiger partial charge in [-0.15, -0.1) is 0 Å². The number of benzene rings is 1. The SMILES string of the molecule is Cc1ccoc1NC(=O)c1cccc(C(C)C)c1. The molecule has 0 atom stereocenters. The first-order valence-corrected chi connectivity index (χ1v) is 6.03. The summed E-state index contributed by atoms with van der Waals surface area (Å²) in [6.07, 6.45) is 1.56. The van der Waals surface area contributed by atoms with Crippen LogP contribution in [-0.4, -0.2) is 5.91 Å². The fourth-order valence-corrected chi connectivity index (χ4v) is 1.72. The molecule has 0 saturated heterocycles. The molecule has 3 heteroatoms. The van der Waals surface area contributed by atoms with Crippen LogP contribution in [-0.2, 0) is 0 Å². The lowest BCUT2D eigenvalue weighted by Gasteiger charge is -2.08. The molecular weight excluding hydrogens is 226 g/mol. The second-order valence-electron chi connectivity index (χ2n) is 4.67. The molecule has 0 saturated carbocycles. The number of anilines is 1. The van der Waals surface area contributed by atoms with Gasteiger partial charge >= 0.3 is 0 Å². The summed E-state index contributed by atoms with van der Waals surface area (Å²) in [4.78, 5) is 12.1. The lowest BCUT2D eigenvalue weighted by atomic mass is 10.0. The van der Waals surface area contributed by atoms with Gasteiger partial charge in [-0.1, -0.05) is 26.0 Å². The molecular formula is C15H17NO2. The van der Waals surface area contributed by atoms with E-state index >= 15 is 0 Å². The van der Waals surface area contributed by atoms with E-state index in [1.54, 1.807) is 12.3 Å². The Morgan fingerprint density at radius 2 is 2.06 bits per heavy atom. The first kappa shape index (κ1) is 12.4. The van der Waals surface area contributed by atoms with Crippen LogP contribution < -0.4 is 5.32 Å². The molecule has 1 N–H and O–H groups in total. The van der Waals surface area contributed by atoms with E-state index in [-0.39, 0.29) is 5.91 Å². The largest absolute Gasteiger partial charge is 0.448 e. The van der Waals surface area contributed by atoms with Gasteiger partial charge in [0.25, 0.3) is 5.91 Å². The van der Waals surface area contributed by atoms with Crippen molar-refractivity contribution in [2.75, 3.05) is 5.32 Å². The molecule has 3 nitrogen and oxygen atoms in total. The van der Waals surface area contributed by atoms with Crippen LogP contribution in [0.5, 0.6) is 0 Å². The van der Waals surface area contributed by atoms with Crippen molar-refractivity contribution in [1.29, 1.82) is 0 Å². The summed E-state index contributed by atoms with van der Waals surface area (Å²) < 4.78 is 5.20. The average Bonchev–Trinajstić information content (AvgIpc) is 2.75. The van der Waals surface area contributed by atoms with Crippen molar-refractivity contribution in [2.24, 2.45) is 0 Å². The first-order chi connectivity index (χ1) is 8.58. The summed E-state index contributed by atoms with van der Waals surface area (Å²) in [5.41, 5.74) is 2.72. The first-order valence-electron chi connectivity index (χ1n) is 6.03. The number of hydrogen-bond donors (Lipinski definition) is 1. The molecule has 1 aromatic heterocycles. The van der Waals surface area contributed by atoms with Gasteiger partial charge in [0, 0.05) is 11.1 Å². The molecule has 0 bridgehead atoms. The lowest BCUT2D eigenvalue weighted by Crippen LogP contribution is -2.12. The van der Waals surface area contributed by atoms with Crippen LogP contribution in [0.1, 0.15) is 41.3 Å². The number of furan rings is 1. The summed E-state index contributed by atoms with van der Waals surface area (Å²) in [6.45, 7) is 6.10. The lowest BCUT2D eigenvalue weighted by molar-refractivity contribution is 0.102. The molecule has 0 fully saturated rings. The molecule has 1 heterocycles. The number of nitrogens with one attached hydrogen (secondary N) is 1. The minimum Gasteiger partial charge on any atom is -0.448 e. The molecule has 2 rings (SSSR count). The number of rotatable bonds is 3. The highest BCUT2D eigenvalue weighted by Crippen LogP contribution is 2.19. The molecule has 0 aliphatic heterocycles. The van der Waals surface area contributed by atoms with Crippen molar-refractivity contribution in [1.82, 2.24) is 0 Å². The van der Waals surface area contributed by atoms with E-state index in [9.17, 15) is 4.79 Å². The normalized spacial score (nSPS) is 10.7. The van der Waals surface area contributed by atoms with Gasteiger partial charge in [0.15, 0.2) is 0 Å². The van der Waals surface area contributed by atoms with Gasteiger partial charge in [-0.3, -0.25) is 10.1 Å². The highest BCUT2D eigenvalue weighted by Gasteiger charge is 2.10. The maximum absolute atomic E-state index is 12.1. The maximum Gasteiger partial charge on any atom is 0.257 e. The second-order valence-corrected chi connectivity index (χ2v) is 4.67. The van der Waals surface area contributed by atoms with Gasteiger partial charge < -0.3 is 4.42 Å². The number of carbonyl (C=O) groups is 1. The third kappa shape index (κ3) is 2.62. The number of amides is 1. The smallest absolute Gasteiger partial charge is 0.257 e. The Morgan fingerprint density at radius 1 is 1.28 bits per heavy atom. The van der Waals surface area contributed by atoms with Crippen LogP contribution in [0.15, 0.2) is 41.0 Å². The van der Waals surface area contributed by atoms with Crippen LogP contribution in [0.2, 0.25) is 0 Å². The molecule has 0 aliphatic rings. The van der Waals surface area contributed by atoms with Crippen molar-refractivity contribution in [3.05, 3.63) is 53.3 Å². The topological polar surface area (TPSA) is 42.2 Å². The average molecular weight is 243 g/mol. The van der Waals surface area contributed by atoms with Crippen molar-refractivity contribution >= 4 is 11.8 Å². The van der Waals surface area contributed by atoms with Gasteiger partial charge in [-0.25, -0.2) is 0 Å². The molecule has 1 amide bonds. The molecule has 18 heavy (non-hydrogen) atoms. The van der Waals surface area contributed by atoms with E-state index in [4.69, 9.17) is 4.42 Å². The Hall–Kier alpha value is -2.03. The van der Waals surface area contributed by atoms with E-state index in [2.05, 4.69) is 19.2 Å². The molecule has 0 spiro atoms. The van der Waals surface area contributed by atoms with E-state index in [1.165, 1.54) is 0 Å². The standard InChI is InChI=1S/C15H17NO2/c1-10(2)12-5-4-6-13(9-12)14(17)16-15-11(3)7-8-18-15/h4-10H,1-3H3,(H,16,17). The Kier molecular flexibility index (Phi) is 3.51. The fourth-order valence-electron chi connectivity index (χ4n) is 1.72. The molecule has 0 aliphatic carbocycles. The van der Waals surface area contributed by atoms with Crippen molar-refractivity contribution in [2.45, 2.75) is 26.7 Å². The van der Waals surface area contributed by atoms with Crippen LogP contribution in [0, 0.1) is 6.92 Å². The Bertz CT molecular complexity index is 555. The fraction of sp³-hybridized carbons (Fsp3) is 0.267. The van der Waals surface area contributed by atoms with Gasteiger partial charge in [0.1, 0.15) is 0 Å². The third-order valence-corrected chi connectivity index (χ3v) is 2.90. The van der Waals surface area contributed by atoms with Crippen LogP contribution >= 0.6 is 0 Å². The monoisotopic (exact) mass is 243 g/mol. The van der Waals surface area contributed by atoms with E-state index in [0.29, 0.717) is 17.4 Å². The molecule has 0 unspecified atom stereocenters. The predicted octanol–water partition coefficient (Wildman–Crippen LogP) is 3.96. The number of aryl methyl sites for hydroxylation is 1. The predicted molar refractivity (Wildman–Crippen MR) is 71.9 cm³/mol. The van der Waals surface area contributed by atoms with E-state index in [0.717, 1.165) is 11.1 Å². The van der Waals surface area contributed by atoms with E-state index in [1.807, 2.05) is 31.2 Å². The molecule has 94 valence electrons. The Labute approximate surface area is 107 Å². The van der Waals surface area contributed by atoms with Gasteiger partial charge in [0.05, 0.1) is 6.26 Å². The van der Waals surface area contributed by atoms with Crippen molar-refractivity contribution in [3.63, 3.8) is 0 Å². The third-order valence-electron chi connectivity index (χ3n) is 2.90. The summed E-state index contributed by atoms with van der Waals surface area (Å²) in [5.74, 6) is 0.772. The maximum atomic E-state index is 12.1. The summed E-state index contributed by atoms with van der Waals surface area (Å²) >= 11 is 0. The van der Waals surface area contributed by atoms with Crippen LogP contribution in [0.4, 0.5) is 5.88 Å². The molecule has 2 aromatic rings. The summed E-state index contributed by atoms with van der Waals surface area (Å²) in [6, 6.07) is 9.47. The van der Waals surface area contributed by atoms with E-state index < -0.39 is 0 Å². The summed E-state index contributed by atoms with van der Waals surface area (Å²) in [5, 5.41) is 2.77. The quantitative estimate of drug-likeness (QED) is 0.886. The Morgan fingerprint density at radius 3 is 2.67 bits per heavy atom. The van der Waals surface area contributed by atoms with Crippen molar-refractivity contribution in [3.8, 4) is 0 Å². The summed E-state index contributed by atoms with van der Waals surface area (Å²) in [7, 11) is 0. The number of hydrogen-bond acceptors (Lipinski definition) is 2. The number of carbonyl (C=O) groups excluding carboxylic acids is 1. The second kappa shape index (κ2) is 5.08. The highest BCUT2D eigenvalue weighted by atomic mass is 16.3. The van der Waals surface area contributed by atoms with Crippen molar-refractivity contribution < 1.29 is 9.21 Å². The zero-order chi connectivity index (χ0) is 13.1. The van der Waals surface area contributed by atoms with Crippen LogP contribution in [0.3, 0.4) is 0 Å². The minimum absolute atomic E-state index is 0.143.